The second-order valence-electron chi connectivity index (χ2n) is 6.12. The van der Waals surface area contributed by atoms with Crippen molar-refractivity contribution >= 4 is 5.97 Å². The lowest BCUT2D eigenvalue weighted by molar-refractivity contribution is -0.166. The summed E-state index contributed by atoms with van der Waals surface area (Å²) in [5.74, 6) is 1.88. The smallest absolute Gasteiger partial charge is 0.313 e. The van der Waals surface area contributed by atoms with Crippen LogP contribution < -0.4 is 0 Å². The molecule has 0 aromatic carbocycles. The van der Waals surface area contributed by atoms with Gasteiger partial charge in [-0.05, 0) is 36.7 Å². The van der Waals surface area contributed by atoms with Crippen molar-refractivity contribution in [1.29, 1.82) is 0 Å². The van der Waals surface area contributed by atoms with Gasteiger partial charge in [0.15, 0.2) is 0 Å². The van der Waals surface area contributed by atoms with Crippen molar-refractivity contribution in [3.8, 4) is 0 Å². The number of hydrogen-bond donors (Lipinski definition) is 0. The first kappa shape index (κ1) is 12.0. The summed E-state index contributed by atoms with van der Waals surface area (Å²) < 4.78 is 5.83. The number of rotatable bonds is 4. The molecule has 3 rings (SSSR count). The van der Waals surface area contributed by atoms with Crippen molar-refractivity contribution in [2.75, 3.05) is 0 Å². The van der Waals surface area contributed by atoms with Gasteiger partial charge in [0.2, 0.25) is 0 Å². The molecule has 0 spiro atoms. The Morgan fingerprint density at radius 1 is 1.44 bits per heavy atom. The molecule has 0 aromatic heterocycles. The molecule has 0 N–H and O–H groups in total. The molecule has 2 nitrogen and oxygen atoms in total. The Morgan fingerprint density at radius 3 is 2.67 bits per heavy atom. The first-order valence-corrected chi connectivity index (χ1v) is 7.10. The topological polar surface area (TPSA) is 26.3 Å². The molecule has 2 aliphatic carbocycles. The Morgan fingerprint density at radius 2 is 2.17 bits per heavy atom. The quantitative estimate of drug-likeness (QED) is 0.561. The van der Waals surface area contributed by atoms with E-state index in [-0.39, 0.29) is 11.4 Å². The normalized spacial score (nSPS) is 52.4. The van der Waals surface area contributed by atoms with Crippen molar-refractivity contribution < 1.29 is 9.53 Å². The molecule has 3 fully saturated rings. The van der Waals surface area contributed by atoms with Crippen molar-refractivity contribution in [2.45, 2.75) is 38.7 Å². The van der Waals surface area contributed by atoms with Gasteiger partial charge in [-0.1, -0.05) is 32.9 Å². The Hall–Kier alpha value is -1.05. The van der Waals surface area contributed by atoms with E-state index in [0.717, 1.165) is 19.3 Å². The largest absolute Gasteiger partial charge is 0.454 e. The van der Waals surface area contributed by atoms with Crippen LogP contribution in [0.2, 0.25) is 0 Å². The predicted molar refractivity (Wildman–Crippen MR) is 70.8 cm³/mol. The van der Waals surface area contributed by atoms with E-state index in [4.69, 9.17) is 4.74 Å². The average Bonchev–Trinajstić information content (AvgIpc) is 2.73. The molecule has 1 saturated heterocycles. The third-order valence-electron chi connectivity index (χ3n) is 5.98. The van der Waals surface area contributed by atoms with E-state index in [1.165, 1.54) is 0 Å². The van der Waals surface area contributed by atoms with Crippen molar-refractivity contribution in [3.05, 3.63) is 25.3 Å². The number of allylic oxidation sites excluding steroid dienone is 1. The summed E-state index contributed by atoms with van der Waals surface area (Å²) in [5.41, 5.74) is -0.631. The molecule has 0 aromatic rings. The molecule has 0 amide bonds. The van der Waals surface area contributed by atoms with E-state index >= 15 is 0 Å². The van der Waals surface area contributed by atoms with E-state index < -0.39 is 5.60 Å². The van der Waals surface area contributed by atoms with E-state index in [2.05, 4.69) is 33.1 Å². The molecular weight excluding hydrogens is 224 g/mol. The van der Waals surface area contributed by atoms with Crippen molar-refractivity contribution in [2.24, 2.45) is 29.1 Å². The van der Waals surface area contributed by atoms with E-state index in [9.17, 15) is 4.79 Å². The van der Waals surface area contributed by atoms with Gasteiger partial charge < -0.3 is 4.74 Å². The molecule has 0 radical (unpaired) electrons. The third-order valence-corrected chi connectivity index (χ3v) is 5.98. The highest BCUT2D eigenvalue weighted by Crippen LogP contribution is 2.75. The number of carbonyl (C=O) groups is 1. The summed E-state index contributed by atoms with van der Waals surface area (Å²) in [4.78, 5) is 12.4. The Kier molecular flexibility index (Phi) is 2.33. The van der Waals surface area contributed by atoms with E-state index in [1.807, 2.05) is 6.08 Å². The summed E-state index contributed by atoms with van der Waals surface area (Å²) in [6, 6.07) is 0. The summed E-state index contributed by atoms with van der Waals surface area (Å²) in [6.07, 6.45) is 6.78. The van der Waals surface area contributed by atoms with Crippen molar-refractivity contribution in [3.63, 3.8) is 0 Å². The molecular formula is C16H22O2. The fourth-order valence-corrected chi connectivity index (χ4v) is 5.38. The minimum Gasteiger partial charge on any atom is -0.454 e. The Bertz CT molecular complexity index is 427. The average molecular weight is 246 g/mol. The Balaban J connectivity index is 2.11. The van der Waals surface area contributed by atoms with Crippen LogP contribution in [0.3, 0.4) is 0 Å². The minimum atomic E-state index is -0.401. The zero-order valence-corrected chi connectivity index (χ0v) is 11.3. The van der Waals surface area contributed by atoms with Gasteiger partial charge in [-0.3, -0.25) is 4.79 Å². The van der Waals surface area contributed by atoms with Gasteiger partial charge in [0.1, 0.15) is 5.60 Å². The van der Waals surface area contributed by atoms with Crippen LogP contribution >= 0.6 is 0 Å². The first-order chi connectivity index (χ1) is 8.61. The lowest BCUT2D eigenvalue weighted by Crippen LogP contribution is -2.59. The summed E-state index contributed by atoms with van der Waals surface area (Å²) in [6.45, 7) is 12.2. The number of carbonyl (C=O) groups excluding carboxylic acids is 1. The second kappa shape index (κ2) is 3.49. The highest BCUT2D eigenvalue weighted by Gasteiger charge is 2.80. The van der Waals surface area contributed by atoms with Crippen LogP contribution in [-0.2, 0) is 9.53 Å². The molecule has 6 atom stereocenters. The molecule has 2 heteroatoms. The Labute approximate surface area is 109 Å². The zero-order chi connectivity index (χ0) is 13.1. The van der Waals surface area contributed by atoms with Gasteiger partial charge in [-0.25, -0.2) is 0 Å². The molecule has 1 heterocycles. The van der Waals surface area contributed by atoms with Crippen molar-refractivity contribution in [1.82, 2.24) is 0 Å². The van der Waals surface area contributed by atoms with Gasteiger partial charge in [-0.2, -0.15) is 0 Å². The SMILES string of the molecule is C=CC1CC2(C=C)OC(=O)C3(CC)C(CC)C1C23. The number of hydrogen-bond acceptors (Lipinski definition) is 2. The summed E-state index contributed by atoms with van der Waals surface area (Å²) >= 11 is 0. The zero-order valence-electron chi connectivity index (χ0n) is 11.3. The van der Waals surface area contributed by atoms with Gasteiger partial charge in [0.25, 0.3) is 0 Å². The molecule has 98 valence electrons. The van der Waals surface area contributed by atoms with Crippen LogP contribution in [0.15, 0.2) is 25.3 Å². The van der Waals surface area contributed by atoms with Crippen LogP contribution in [0.4, 0.5) is 0 Å². The van der Waals surface area contributed by atoms with Gasteiger partial charge >= 0.3 is 5.97 Å². The van der Waals surface area contributed by atoms with Crippen LogP contribution in [0.25, 0.3) is 0 Å². The maximum Gasteiger partial charge on any atom is 0.313 e. The van der Waals surface area contributed by atoms with Crippen LogP contribution in [0.1, 0.15) is 33.1 Å². The third kappa shape index (κ3) is 0.964. The van der Waals surface area contributed by atoms with E-state index in [1.54, 1.807) is 0 Å². The monoisotopic (exact) mass is 246 g/mol. The second-order valence-corrected chi connectivity index (χ2v) is 6.12. The predicted octanol–water partition coefficient (Wildman–Crippen LogP) is 3.34. The number of esters is 1. The highest BCUT2D eigenvalue weighted by atomic mass is 16.6. The van der Waals surface area contributed by atoms with Gasteiger partial charge in [-0.15, -0.1) is 6.58 Å². The number of ether oxygens (including phenoxy) is 1. The van der Waals surface area contributed by atoms with E-state index in [0.29, 0.717) is 23.7 Å². The van der Waals surface area contributed by atoms with Gasteiger partial charge in [0.05, 0.1) is 5.41 Å². The summed E-state index contributed by atoms with van der Waals surface area (Å²) in [5, 5.41) is 0. The molecule has 18 heavy (non-hydrogen) atoms. The fourth-order valence-electron chi connectivity index (χ4n) is 5.38. The van der Waals surface area contributed by atoms with Crippen LogP contribution in [0, 0.1) is 29.1 Å². The molecule has 3 aliphatic rings. The molecule has 1 aliphatic heterocycles. The maximum atomic E-state index is 12.4. The first-order valence-electron chi connectivity index (χ1n) is 7.10. The van der Waals surface area contributed by atoms with Gasteiger partial charge in [0, 0.05) is 5.92 Å². The van der Waals surface area contributed by atoms with Crippen LogP contribution in [0.5, 0.6) is 0 Å². The molecule has 2 saturated carbocycles. The highest BCUT2D eigenvalue weighted by molar-refractivity contribution is 5.84. The van der Waals surface area contributed by atoms with Crippen LogP contribution in [-0.4, -0.2) is 11.6 Å². The molecule has 6 unspecified atom stereocenters. The minimum absolute atomic E-state index is 0.0283. The fraction of sp³-hybridized carbons (Fsp3) is 0.688. The summed E-state index contributed by atoms with van der Waals surface area (Å²) in [7, 11) is 0. The maximum absolute atomic E-state index is 12.4. The lowest BCUT2D eigenvalue weighted by atomic mass is 9.44. The standard InChI is InChI=1S/C16H22O2/c1-5-10-9-15(7-3)13-12(10)11(6-2)16(13,8-4)14(17)18-15/h5,7,10-13H,1,3,6,8-9H2,2,4H3. The lowest BCUT2D eigenvalue weighted by Gasteiger charge is -2.55. The molecule has 0 bridgehead atoms.